The quantitative estimate of drug-likeness (QED) is 0.469. The van der Waals surface area contributed by atoms with Gasteiger partial charge in [-0.2, -0.15) is 0 Å². The highest BCUT2D eigenvalue weighted by Crippen LogP contribution is 2.31. The van der Waals surface area contributed by atoms with Crippen LogP contribution in [0.1, 0.15) is 0 Å². The van der Waals surface area contributed by atoms with Gasteiger partial charge in [0, 0.05) is 11.8 Å². The van der Waals surface area contributed by atoms with Crippen LogP contribution in [0.3, 0.4) is 0 Å². The average Bonchev–Trinajstić information content (AvgIpc) is 2.74. The normalized spacial score (nSPS) is 10.8. The Balaban J connectivity index is 0.000000431. The van der Waals surface area contributed by atoms with E-state index in [0.29, 0.717) is 0 Å². The number of aromatic nitrogens is 1. The van der Waals surface area contributed by atoms with Crippen molar-refractivity contribution < 1.29 is 33.3 Å². The number of pyridine rings is 1. The van der Waals surface area contributed by atoms with Gasteiger partial charge in [-0.05, 0) is 29.8 Å². The first-order valence-corrected chi connectivity index (χ1v) is 9.76. The highest BCUT2D eigenvalue weighted by Gasteiger charge is 2.20. The Hall–Kier alpha value is -3.13. The summed E-state index contributed by atoms with van der Waals surface area (Å²) in [5.74, 6) is 1.59. The molecule has 4 rings (SSSR count). The fourth-order valence-electron chi connectivity index (χ4n) is 2.68. The second-order valence-electron chi connectivity index (χ2n) is 5.90. The molecule has 0 radical (unpaired) electrons. The molecule has 0 aliphatic heterocycles. The predicted octanol–water partition coefficient (Wildman–Crippen LogP) is 1.20. The third-order valence-electron chi connectivity index (χ3n) is 3.88. The fourth-order valence-corrected chi connectivity index (χ4v) is 2.68. The molecule has 0 N–H and O–H groups in total. The third-order valence-corrected chi connectivity index (χ3v) is 3.88. The summed E-state index contributed by atoms with van der Waals surface area (Å²) in [6.07, 6.45) is 1.78. The summed E-state index contributed by atoms with van der Waals surface area (Å²) in [5.41, 5.74) is 4.14. The monoisotopic (exact) mass is 409 g/mol. The van der Waals surface area contributed by atoms with Crippen molar-refractivity contribution in [3.05, 3.63) is 97.2 Å². The van der Waals surface area contributed by atoms with Gasteiger partial charge >= 0.3 is 11.5 Å². The van der Waals surface area contributed by atoms with Gasteiger partial charge in [0.1, 0.15) is 0 Å². The van der Waals surface area contributed by atoms with Gasteiger partial charge in [-0.15, -0.1) is 10.2 Å². The lowest BCUT2D eigenvalue weighted by Crippen LogP contribution is -2.68. The van der Waals surface area contributed by atoms with Crippen molar-refractivity contribution in [1.82, 2.24) is 4.98 Å². The van der Waals surface area contributed by atoms with E-state index >= 15 is 0 Å². The zero-order valence-corrected chi connectivity index (χ0v) is 15.9. The molecule has 0 saturated heterocycles. The van der Waals surface area contributed by atoms with E-state index < -0.39 is 10.2 Å². The summed E-state index contributed by atoms with van der Waals surface area (Å²) in [6, 6.07) is 30.4. The van der Waals surface area contributed by atoms with Gasteiger partial charge in [-0.3, -0.25) is 0 Å². The lowest BCUT2D eigenvalue weighted by atomic mass is 10.0. The number of hydrogen-bond acceptors (Lipinski definition) is 5. The van der Waals surface area contributed by atoms with E-state index in [1.165, 1.54) is 0 Å². The van der Waals surface area contributed by atoms with Crippen molar-refractivity contribution in [3.63, 3.8) is 0 Å². The van der Waals surface area contributed by atoms with Crippen LogP contribution in [0, 0.1) is 10.2 Å². The van der Waals surface area contributed by atoms with E-state index in [2.05, 4.69) is 35.3 Å². The van der Waals surface area contributed by atoms with Crippen LogP contribution >= 0.6 is 0 Å². The van der Waals surface area contributed by atoms with Gasteiger partial charge in [-0.25, -0.2) is 28.0 Å². The summed E-state index contributed by atoms with van der Waals surface area (Å²) >= 11 is 0. The molecule has 0 spiro atoms. The topological polar surface area (TPSA) is 116 Å². The minimum Gasteiger partial charge on any atom is -0.247 e. The Bertz CT molecular complexity index is 893. The molecule has 0 saturated carbocycles. The van der Waals surface area contributed by atoms with E-state index in [0.717, 1.165) is 33.9 Å². The van der Waals surface area contributed by atoms with E-state index in [-0.39, 0.29) is 0 Å². The first kappa shape index (κ1) is 20.6. The summed E-state index contributed by atoms with van der Waals surface area (Å²) in [4.78, 5) is 4.42. The van der Waals surface area contributed by atoms with Gasteiger partial charge in [0.2, 0.25) is 0 Å². The molecule has 2 aromatic heterocycles. The van der Waals surface area contributed by atoms with Gasteiger partial charge in [-0.1, -0.05) is 54.6 Å². The van der Waals surface area contributed by atoms with Gasteiger partial charge in [0.15, 0.2) is 5.69 Å². The minimum atomic E-state index is -4.94. The minimum absolute atomic E-state index is 0.760. The van der Waals surface area contributed by atoms with E-state index in [4.69, 9.17) is 23.1 Å². The van der Waals surface area contributed by atoms with Crippen molar-refractivity contribution >= 4 is 0 Å². The molecule has 0 fully saturated rings. The Morgan fingerprint density at radius 3 is 1.66 bits per heavy atom. The maximum absolute atomic E-state index is 8.49. The van der Waals surface area contributed by atoms with Crippen LogP contribution in [-0.2, 0) is 0 Å². The molecule has 4 aromatic rings. The smallest absolute Gasteiger partial charge is 0.247 e. The predicted molar refractivity (Wildman–Crippen MR) is 97.2 cm³/mol. The highest BCUT2D eigenvalue weighted by molar-refractivity contribution is 5.73. The molecule has 0 aliphatic rings. The molecule has 0 atom stereocenters. The molecular weight excluding hydrogens is 394 g/mol. The maximum atomic E-state index is 8.49. The highest BCUT2D eigenvalue weighted by atomic mass is 35.7. The number of halogens is 1. The van der Waals surface area contributed by atoms with E-state index in [9.17, 15) is 0 Å². The number of hydrogen-bond donors (Lipinski definition) is 0. The first-order chi connectivity index (χ1) is 13.9. The second-order valence-corrected chi connectivity index (χ2v) is 6.66. The molecule has 7 heteroatoms. The summed E-state index contributed by atoms with van der Waals surface area (Å²) < 4.78 is 40.1. The lowest BCUT2D eigenvalue weighted by molar-refractivity contribution is -2.00. The van der Waals surface area contributed by atoms with E-state index in [1.807, 2.05) is 60.7 Å². The number of rotatable bonds is 3. The Morgan fingerprint density at radius 1 is 0.586 bits per heavy atom. The zero-order valence-electron chi connectivity index (χ0n) is 15.1. The summed E-state index contributed by atoms with van der Waals surface area (Å²) in [6.45, 7) is 0. The largest absolute Gasteiger partial charge is 0.379 e. The number of benzene rings is 2. The molecule has 0 unspecified atom stereocenters. The molecule has 6 nitrogen and oxygen atoms in total. The van der Waals surface area contributed by atoms with Crippen LogP contribution in [0.5, 0.6) is 0 Å². The van der Waals surface area contributed by atoms with Crippen LogP contribution in [-0.4, -0.2) is 4.98 Å². The standard InChI is InChI=1S/C22H16NO.ClHO4/c1-3-9-17(10-4-1)19-15-21(18-11-5-2-6-12-18)24-22(16-19)20-13-7-8-14-23-20;2-1(3,4)5/h1-16H;(H,2,3,4,5)/q+1;/p-1. The number of nitrogens with zero attached hydrogens (tertiary/aromatic N) is 1. The SMILES string of the molecule is [O-][Cl+3]([O-])([O-])[O-].c1ccc(-c2cc(-c3ccccc3)[o+]c(-c3ccccn3)c2)cc1. The Kier molecular flexibility index (Phi) is 6.66. The fraction of sp³-hybridized carbons (Fsp3) is 0. The molecule has 0 amide bonds. The third kappa shape index (κ3) is 6.46. The van der Waals surface area contributed by atoms with Crippen LogP contribution in [0.15, 0.2) is 102 Å². The summed E-state index contributed by atoms with van der Waals surface area (Å²) in [7, 11) is -4.94. The molecule has 0 bridgehead atoms. The molecule has 2 aromatic carbocycles. The summed E-state index contributed by atoms with van der Waals surface area (Å²) in [5, 5.41) is 0. The maximum Gasteiger partial charge on any atom is 0.379 e. The van der Waals surface area contributed by atoms with Crippen LogP contribution < -0.4 is 18.6 Å². The van der Waals surface area contributed by atoms with Gasteiger partial charge in [0.25, 0.3) is 0 Å². The molecule has 146 valence electrons. The van der Waals surface area contributed by atoms with Crippen molar-refractivity contribution in [1.29, 1.82) is 0 Å². The molecular formula is C22H16ClNO5. The average molecular weight is 410 g/mol. The molecule has 0 aliphatic carbocycles. The van der Waals surface area contributed by atoms with Crippen molar-refractivity contribution in [2.45, 2.75) is 0 Å². The Labute approximate surface area is 169 Å². The van der Waals surface area contributed by atoms with E-state index in [1.54, 1.807) is 6.20 Å². The van der Waals surface area contributed by atoms with Gasteiger partial charge < -0.3 is 0 Å². The molecule has 2 heterocycles. The zero-order chi connectivity index (χ0) is 20.7. The van der Waals surface area contributed by atoms with Crippen LogP contribution in [0.2, 0.25) is 0 Å². The van der Waals surface area contributed by atoms with Crippen molar-refractivity contribution in [3.8, 4) is 33.9 Å². The Morgan fingerprint density at radius 2 is 1.10 bits per heavy atom. The van der Waals surface area contributed by atoms with Crippen LogP contribution in [0.4, 0.5) is 0 Å². The van der Waals surface area contributed by atoms with Crippen molar-refractivity contribution in [2.24, 2.45) is 0 Å². The lowest BCUT2D eigenvalue weighted by Gasteiger charge is -2.17. The van der Waals surface area contributed by atoms with Crippen molar-refractivity contribution in [2.75, 3.05) is 0 Å². The molecule has 29 heavy (non-hydrogen) atoms. The van der Waals surface area contributed by atoms with Crippen LogP contribution in [0.25, 0.3) is 33.9 Å². The van der Waals surface area contributed by atoms with Gasteiger partial charge in [0.05, 0.1) is 17.7 Å². The second kappa shape index (κ2) is 9.38. The first-order valence-electron chi connectivity index (χ1n) is 8.52.